The van der Waals surface area contributed by atoms with E-state index in [9.17, 15) is 35.9 Å². The number of carbonyl (C=O) groups is 2. The van der Waals surface area contributed by atoms with E-state index < -0.39 is 59.7 Å². The van der Waals surface area contributed by atoms with E-state index in [0.717, 1.165) is 16.9 Å². The summed E-state index contributed by atoms with van der Waals surface area (Å²) in [7, 11) is 0. The number of hydrogen-bond acceptors (Lipinski definition) is 2. The summed E-state index contributed by atoms with van der Waals surface area (Å²) in [4.78, 5) is 30.3. The van der Waals surface area contributed by atoms with Crippen molar-refractivity contribution in [1.82, 2.24) is 9.47 Å². The van der Waals surface area contributed by atoms with Crippen LogP contribution in [0.1, 0.15) is 41.3 Å². The van der Waals surface area contributed by atoms with Crippen LogP contribution in [0.2, 0.25) is 0 Å². The first-order valence-electron chi connectivity index (χ1n) is 13.4. The zero-order valence-electron chi connectivity index (χ0n) is 22.4. The molecule has 222 valence electrons. The Bertz CT molecular complexity index is 1650. The number of aromatic nitrogens is 1. The third-order valence-electron chi connectivity index (χ3n) is 7.50. The number of fused-ring (bicyclic) bond motifs is 3. The number of nitrogens with zero attached hydrogens (tertiary/aromatic N) is 3. The van der Waals surface area contributed by atoms with E-state index in [4.69, 9.17) is 0 Å². The van der Waals surface area contributed by atoms with Crippen molar-refractivity contribution < 1.29 is 35.9 Å². The minimum Gasteiger partial charge on any atom is -0.316 e. The summed E-state index contributed by atoms with van der Waals surface area (Å²) in [5.74, 6) is -0.462. The van der Waals surface area contributed by atoms with Gasteiger partial charge in [0.2, 0.25) is 5.91 Å². The summed E-state index contributed by atoms with van der Waals surface area (Å²) < 4.78 is 82.3. The van der Waals surface area contributed by atoms with Crippen LogP contribution in [-0.2, 0) is 17.1 Å². The Hall–Kier alpha value is -4.74. The quantitative estimate of drug-likeness (QED) is 0.240. The largest absolute Gasteiger partial charge is 0.416 e. The Labute approximate surface area is 242 Å². The summed E-state index contributed by atoms with van der Waals surface area (Å²) in [6.07, 6.45) is -7.17. The molecule has 3 amide bonds. The van der Waals surface area contributed by atoms with Crippen LogP contribution < -0.4 is 10.2 Å². The molecule has 1 aliphatic carbocycles. The minimum atomic E-state index is -5.07. The van der Waals surface area contributed by atoms with Gasteiger partial charge in [-0.25, -0.2) is 4.79 Å². The van der Waals surface area contributed by atoms with E-state index in [2.05, 4.69) is 5.32 Å². The number of carbonyl (C=O) groups excluding carboxylic acids is 2. The Kier molecular flexibility index (Phi) is 6.94. The fraction of sp³-hybridized carbons (Fsp3) is 0.226. The summed E-state index contributed by atoms with van der Waals surface area (Å²) in [5, 5.41) is 2.18. The van der Waals surface area contributed by atoms with Crippen LogP contribution in [0.15, 0.2) is 91.1 Å². The SMILES string of the molecule is O=C(Nc1cc(C(F)(F)F)cc(C(F)(F)F)c1)N(CC(=O)N1c2ccccc2-n2cccc2C1c1ccccc1)C1CC1. The predicted octanol–water partition coefficient (Wildman–Crippen LogP) is 7.65. The molecule has 3 aromatic carbocycles. The van der Waals surface area contributed by atoms with Crippen LogP contribution >= 0.6 is 0 Å². The molecule has 12 heteroatoms. The molecule has 0 spiro atoms. The molecule has 2 aliphatic rings. The Balaban J connectivity index is 1.33. The van der Waals surface area contributed by atoms with Crippen LogP contribution in [0.25, 0.3) is 5.69 Å². The van der Waals surface area contributed by atoms with Gasteiger partial charge in [0.05, 0.1) is 28.2 Å². The summed E-state index contributed by atoms with van der Waals surface area (Å²) in [5.41, 5.74) is -0.812. The number of rotatable bonds is 5. The molecule has 6 rings (SSSR count). The highest BCUT2D eigenvalue weighted by Gasteiger charge is 2.41. The van der Waals surface area contributed by atoms with E-state index in [1.54, 1.807) is 17.0 Å². The standard InChI is InChI=1S/C31H24F6N4O2/c32-30(33,34)20-15-21(31(35,36)37)17-22(16-20)38-29(43)40(23-12-13-23)18-27(42)41-25-10-5-4-9-24(25)39-14-6-11-26(39)28(41)19-7-2-1-3-8-19/h1-11,14-17,23,28H,12-13,18H2,(H,38,43). The van der Waals surface area contributed by atoms with Gasteiger partial charge in [-0.15, -0.1) is 0 Å². The van der Waals surface area contributed by atoms with E-state index in [-0.39, 0.29) is 6.07 Å². The van der Waals surface area contributed by atoms with E-state index >= 15 is 0 Å². The van der Waals surface area contributed by atoms with Crippen molar-refractivity contribution in [2.75, 3.05) is 16.8 Å². The third-order valence-corrected chi connectivity index (χ3v) is 7.50. The maximum Gasteiger partial charge on any atom is 0.416 e. The van der Waals surface area contributed by atoms with Gasteiger partial charge in [0.25, 0.3) is 0 Å². The number of halogens is 6. The maximum atomic E-state index is 14.1. The van der Waals surface area contributed by atoms with Gasteiger partial charge in [-0.3, -0.25) is 9.69 Å². The smallest absolute Gasteiger partial charge is 0.316 e. The highest BCUT2D eigenvalue weighted by molar-refractivity contribution is 6.01. The highest BCUT2D eigenvalue weighted by Crippen LogP contribution is 2.43. The second kappa shape index (κ2) is 10.5. The Morgan fingerprint density at radius 3 is 2.00 bits per heavy atom. The number of nitrogens with one attached hydrogen (secondary N) is 1. The summed E-state index contributed by atoms with van der Waals surface area (Å²) >= 11 is 0. The molecule has 1 fully saturated rings. The zero-order chi connectivity index (χ0) is 30.5. The summed E-state index contributed by atoms with van der Waals surface area (Å²) in [6.45, 7) is -0.444. The number of alkyl halides is 6. The summed E-state index contributed by atoms with van der Waals surface area (Å²) in [6, 6.07) is 19.3. The molecule has 43 heavy (non-hydrogen) atoms. The molecule has 1 N–H and O–H groups in total. The van der Waals surface area contributed by atoms with Crippen LogP contribution in [0.5, 0.6) is 0 Å². The molecule has 6 nitrogen and oxygen atoms in total. The number of hydrogen-bond donors (Lipinski definition) is 1. The van der Waals surface area contributed by atoms with Crippen LogP contribution in [0, 0.1) is 0 Å². The molecule has 1 atom stereocenters. The number of benzene rings is 3. The van der Waals surface area contributed by atoms with Crippen molar-refractivity contribution in [3.63, 3.8) is 0 Å². The molecule has 0 radical (unpaired) electrons. The number of urea groups is 1. The van der Waals surface area contributed by atoms with E-state index in [0.29, 0.717) is 30.7 Å². The van der Waals surface area contributed by atoms with Crippen molar-refractivity contribution >= 4 is 23.3 Å². The Morgan fingerprint density at radius 2 is 1.40 bits per heavy atom. The van der Waals surface area contributed by atoms with Gasteiger partial charge >= 0.3 is 18.4 Å². The van der Waals surface area contributed by atoms with Crippen LogP contribution in [-0.4, -0.2) is 34.0 Å². The average molecular weight is 599 g/mol. The molecule has 0 saturated heterocycles. The first kappa shape index (κ1) is 28.4. The van der Waals surface area contributed by atoms with Crippen molar-refractivity contribution in [1.29, 1.82) is 0 Å². The van der Waals surface area contributed by atoms with Crippen molar-refractivity contribution in [2.45, 2.75) is 37.3 Å². The highest BCUT2D eigenvalue weighted by atomic mass is 19.4. The third kappa shape index (κ3) is 5.56. The zero-order valence-corrected chi connectivity index (χ0v) is 22.4. The molecule has 1 saturated carbocycles. The monoisotopic (exact) mass is 598 g/mol. The molecular weight excluding hydrogens is 574 g/mol. The molecule has 2 heterocycles. The second-order valence-corrected chi connectivity index (χ2v) is 10.5. The van der Waals surface area contributed by atoms with Gasteiger partial charge in [-0.2, -0.15) is 26.3 Å². The van der Waals surface area contributed by atoms with Gasteiger partial charge in [0.15, 0.2) is 0 Å². The molecule has 1 unspecified atom stereocenters. The van der Waals surface area contributed by atoms with Gasteiger partial charge in [-0.1, -0.05) is 42.5 Å². The van der Waals surface area contributed by atoms with Crippen LogP contribution in [0.3, 0.4) is 0 Å². The maximum absolute atomic E-state index is 14.1. The molecule has 1 aromatic heterocycles. The molecule has 1 aliphatic heterocycles. The lowest BCUT2D eigenvalue weighted by Gasteiger charge is -2.39. The lowest BCUT2D eigenvalue weighted by atomic mass is 9.97. The molecule has 4 aromatic rings. The fourth-order valence-corrected chi connectivity index (χ4v) is 5.41. The average Bonchev–Trinajstić information content (AvgIpc) is 3.69. The van der Waals surface area contributed by atoms with Crippen LogP contribution in [0.4, 0.5) is 42.5 Å². The van der Waals surface area contributed by atoms with Gasteiger partial charge in [0, 0.05) is 17.9 Å². The first-order valence-corrected chi connectivity index (χ1v) is 13.4. The predicted molar refractivity (Wildman–Crippen MR) is 147 cm³/mol. The number of para-hydroxylation sites is 2. The lowest BCUT2D eigenvalue weighted by Crippen LogP contribution is -2.48. The number of anilines is 2. The van der Waals surface area contributed by atoms with Crippen molar-refractivity contribution in [2.24, 2.45) is 0 Å². The fourth-order valence-electron chi connectivity index (χ4n) is 5.41. The first-order chi connectivity index (χ1) is 20.4. The second-order valence-electron chi connectivity index (χ2n) is 10.5. The topological polar surface area (TPSA) is 57.6 Å². The van der Waals surface area contributed by atoms with E-state index in [1.807, 2.05) is 65.4 Å². The number of amides is 3. The molecular formula is C31H24F6N4O2. The lowest BCUT2D eigenvalue weighted by molar-refractivity contribution is -0.143. The Morgan fingerprint density at radius 1 is 0.791 bits per heavy atom. The van der Waals surface area contributed by atoms with Crippen molar-refractivity contribution in [3.8, 4) is 5.69 Å². The normalized spacial score (nSPS) is 16.3. The van der Waals surface area contributed by atoms with Gasteiger partial charge in [0.1, 0.15) is 12.6 Å². The van der Waals surface area contributed by atoms with Gasteiger partial charge < -0.3 is 14.8 Å². The van der Waals surface area contributed by atoms with Gasteiger partial charge in [-0.05, 0) is 60.9 Å². The van der Waals surface area contributed by atoms with Crippen molar-refractivity contribution in [3.05, 3.63) is 114 Å². The van der Waals surface area contributed by atoms with E-state index in [1.165, 1.54) is 4.90 Å². The molecule has 0 bridgehead atoms. The minimum absolute atomic E-state index is 0.00872.